The molecule has 4 aliphatic carbocycles. The second kappa shape index (κ2) is 4.37. The highest BCUT2D eigenvalue weighted by Crippen LogP contribution is 2.64. The van der Waals surface area contributed by atoms with E-state index in [9.17, 15) is 5.11 Å². The van der Waals surface area contributed by atoms with Gasteiger partial charge in [-0.3, -0.25) is 0 Å². The van der Waals surface area contributed by atoms with Crippen LogP contribution in [-0.2, 0) is 0 Å². The van der Waals surface area contributed by atoms with E-state index < -0.39 is 6.10 Å². The number of halogens is 2. The van der Waals surface area contributed by atoms with Gasteiger partial charge in [0.15, 0.2) is 0 Å². The average molecular weight is 317 g/mol. The van der Waals surface area contributed by atoms with Gasteiger partial charge in [-0.1, -0.05) is 23.2 Å². The van der Waals surface area contributed by atoms with E-state index >= 15 is 0 Å². The third-order valence-electron chi connectivity index (χ3n) is 5.64. The topological polar surface area (TPSA) is 20.2 Å². The van der Waals surface area contributed by atoms with E-state index in [2.05, 4.69) is 0 Å². The smallest absolute Gasteiger partial charge is 0.100 e. The quantitative estimate of drug-likeness (QED) is 0.784. The normalized spacial score (nSPS) is 41.7. The first-order valence-electron chi connectivity index (χ1n) is 7.18. The second-order valence-corrected chi connectivity index (χ2v) is 9.25. The van der Waals surface area contributed by atoms with Crippen molar-refractivity contribution in [1.29, 1.82) is 0 Å². The van der Waals surface area contributed by atoms with E-state index in [0.717, 1.165) is 23.3 Å². The summed E-state index contributed by atoms with van der Waals surface area (Å²) in [5.74, 6) is 2.52. The number of thiophene rings is 1. The lowest BCUT2D eigenvalue weighted by Gasteiger charge is -2.58. The maximum Gasteiger partial charge on any atom is 0.100 e. The first-order valence-corrected chi connectivity index (χ1v) is 8.76. The molecule has 1 aromatic heterocycles. The van der Waals surface area contributed by atoms with Crippen molar-refractivity contribution < 1.29 is 5.11 Å². The highest BCUT2D eigenvalue weighted by molar-refractivity contribution is 7.20. The third-order valence-corrected chi connectivity index (χ3v) is 7.16. The van der Waals surface area contributed by atoms with Crippen LogP contribution in [0, 0.1) is 23.2 Å². The lowest BCUT2D eigenvalue weighted by Crippen LogP contribution is -2.48. The first-order chi connectivity index (χ1) is 9.06. The summed E-state index contributed by atoms with van der Waals surface area (Å²) in [5.41, 5.74) is 0.960. The van der Waals surface area contributed by atoms with Crippen LogP contribution in [0.2, 0.25) is 8.67 Å². The molecule has 1 heterocycles. The molecule has 4 aliphatic rings. The van der Waals surface area contributed by atoms with Crippen molar-refractivity contribution in [3.8, 4) is 0 Å². The third kappa shape index (κ3) is 1.98. The SMILES string of the molecule is OC(c1cc(Cl)sc1Cl)C12CC3CC(CC(C3)C1)C2. The Kier molecular flexibility index (Phi) is 2.97. The van der Waals surface area contributed by atoms with Gasteiger partial charge in [0.25, 0.3) is 0 Å². The van der Waals surface area contributed by atoms with Crippen LogP contribution in [0.5, 0.6) is 0 Å². The largest absolute Gasteiger partial charge is 0.388 e. The molecule has 4 bridgehead atoms. The molecule has 104 valence electrons. The van der Waals surface area contributed by atoms with Crippen molar-refractivity contribution in [3.05, 3.63) is 20.3 Å². The van der Waals surface area contributed by atoms with Crippen LogP contribution < -0.4 is 0 Å². The summed E-state index contributed by atoms with van der Waals surface area (Å²) < 4.78 is 1.36. The number of aliphatic hydroxyl groups is 1. The van der Waals surface area contributed by atoms with Crippen molar-refractivity contribution in [1.82, 2.24) is 0 Å². The second-order valence-electron chi connectivity index (χ2n) is 6.96. The molecule has 0 amide bonds. The Morgan fingerprint density at radius 2 is 1.63 bits per heavy atom. The van der Waals surface area contributed by atoms with Crippen molar-refractivity contribution in [2.75, 3.05) is 0 Å². The van der Waals surface area contributed by atoms with Gasteiger partial charge in [0.2, 0.25) is 0 Å². The van der Waals surface area contributed by atoms with Crippen LogP contribution in [0.4, 0.5) is 0 Å². The minimum absolute atomic E-state index is 0.0861. The van der Waals surface area contributed by atoms with E-state index in [4.69, 9.17) is 23.2 Å². The van der Waals surface area contributed by atoms with E-state index in [-0.39, 0.29) is 5.41 Å². The summed E-state index contributed by atoms with van der Waals surface area (Å²) >= 11 is 13.7. The Hall–Kier alpha value is 0.240. The summed E-state index contributed by atoms with van der Waals surface area (Å²) in [6.07, 6.45) is 7.31. The molecule has 4 heteroatoms. The molecule has 5 rings (SSSR count). The number of hydrogen-bond donors (Lipinski definition) is 1. The standard InChI is InChI=1S/C15H18Cl2OS/c16-12-4-11(14(17)19-12)13(18)15-5-8-1-9(6-15)3-10(2-8)7-15/h4,8-10,13,18H,1-3,5-7H2. The summed E-state index contributed by atoms with van der Waals surface area (Å²) in [6, 6.07) is 1.87. The zero-order valence-corrected chi connectivity index (χ0v) is 13.1. The van der Waals surface area contributed by atoms with Gasteiger partial charge in [-0.05, 0) is 62.3 Å². The van der Waals surface area contributed by atoms with Gasteiger partial charge in [0.05, 0.1) is 10.4 Å². The zero-order chi connectivity index (χ0) is 13.2. The lowest BCUT2D eigenvalue weighted by molar-refractivity contribution is -0.122. The summed E-state index contributed by atoms with van der Waals surface area (Å²) in [6.45, 7) is 0. The maximum atomic E-state index is 10.9. The minimum atomic E-state index is -0.419. The Morgan fingerprint density at radius 1 is 1.11 bits per heavy atom. The fourth-order valence-corrected chi connectivity index (χ4v) is 6.90. The highest BCUT2D eigenvalue weighted by atomic mass is 35.5. The predicted molar refractivity (Wildman–Crippen MR) is 79.9 cm³/mol. The molecule has 19 heavy (non-hydrogen) atoms. The number of hydrogen-bond acceptors (Lipinski definition) is 2. The fraction of sp³-hybridized carbons (Fsp3) is 0.733. The maximum absolute atomic E-state index is 10.9. The van der Waals surface area contributed by atoms with E-state index in [1.165, 1.54) is 49.9 Å². The molecule has 1 atom stereocenters. The Balaban J connectivity index is 1.69. The van der Waals surface area contributed by atoms with Gasteiger partial charge in [-0.2, -0.15) is 0 Å². The van der Waals surface area contributed by atoms with Crippen molar-refractivity contribution in [2.24, 2.45) is 23.2 Å². The van der Waals surface area contributed by atoms with Crippen LogP contribution in [0.15, 0.2) is 6.07 Å². The molecule has 0 radical (unpaired) electrons. The van der Waals surface area contributed by atoms with Crippen LogP contribution >= 0.6 is 34.5 Å². The summed E-state index contributed by atoms with van der Waals surface area (Å²) in [7, 11) is 0. The fourth-order valence-electron chi connectivity index (χ4n) is 5.38. The molecule has 1 unspecified atom stereocenters. The number of rotatable bonds is 2. The Labute approximate surface area is 127 Å². The van der Waals surface area contributed by atoms with Gasteiger partial charge in [0, 0.05) is 11.0 Å². The molecule has 0 aromatic carbocycles. The Morgan fingerprint density at radius 3 is 2.05 bits per heavy atom. The molecule has 4 fully saturated rings. The zero-order valence-electron chi connectivity index (χ0n) is 10.7. The summed E-state index contributed by atoms with van der Waals surface area (Å²) in [4.78, 5) is 0. The average Bonchev–Trinajstić information content (AvgIpc) is 2.65. The van der Waals surface area contributed by atoms with E-state index in [1.807, 2.05) is 6.07 Å². The van der Waals surface area contributed by atoms with Gasteiger partial charge >= 0.3 is 0 Å². The molecule has 4 saturated carbocycles. The van der Waals surface area contributed by atoms with Crippen LogP contribution in [0.1, 0.15) is 50.2 Å². The van der Waals surface area contributed by atoms with E-state index in [1.54, 1.807) is 0 Å². The number of aliphatic hydroxyl groups excluding tert-OH is 1. The molecule has 1 nitrogen and oxygen atoms in total. The molecule has 0 saturated heterocycles. The predicted octanol–water partition coefficient (Wildman–Crippen LogP) is 5.30. The van der Waals surface area contributed by atoms with Gasteiger partial charge in [-0.15, -0.1) is 11.3 Å². The van der Waals surface area contributed by atoms with Gasteiger partial charge in [-0.25, -0.2) is 0 Å². The van der Waals surface area contributed by atoms with Crippen LogP contribution in [-0.4, -0.2) is 5.11 Å². The first kappa shape index (κ1) is 12.9. The molecular formula is C15H18Cl2OS. The van der Waals surface area contributed by atoms with Crippen molar-refractivity contribution in [2.45, 2.75) is 44.6 Å². The van der Waals surface area contributed by atoms with Crippen molar-refractivity contribution in [3.63, 3.8) is 0 Å². The monoisotopic (exact) mass is 316 g/mol. The van der Waals surface area contributed by atoms with E-state index in [0.29, 0.717) is 8.67 Å². The molecular weight excluding hydrogens is 299 g/mol. The van der Waals surface area contributed by atoms with Crippen LogP contribution in [0.25, 0.3) is 0 Å². The molecule has 0 aliphatic heterocycles. The highest BCUT2D eigenvalue weighted by Gasteiger charge is 2.54. The van der Waals surface area contributed by atoms with Crippen LogP contribution in [0.3, 0.4) is 0 Å². The van der Waals surface area contributed by atoms with Gasteiger partial charge in [0.1, 0.15) is 4.34 Å². The minimum Gasteiger partial charge on any atom is -0.388 e. The molecule has 0 spiro atoms. The molecule has 1 N–H and O–H groups in total. The summed E-state index contributed by atoms with van der Waals surface area (Å²) in [5, 5.41) is 10.9. The van der Waals surface area contributed by atoms with Crippen molar-refractivity contribution >= 4 is 34.5 Å². The Bertz CT molecular complexity index is 475. The lowest BCUT2D eigenvalue weighted by atomic mass is 9.48. The van der Waals surface area contributed by atoms with Gasteiger partial charge < -0.3 is 5.11 Å². The molecule has 1 aromatic rings.